The maximum atomic E-state index is 11.3. The first-order valence-corrected chi connectivity index (χ1v) is 8.86. The molecule has 0 aliphatic rings. The van der Waals surface area contributed by atoms with E-state index in [1.807, 2.05) is 26.0 Å². The minimum absolute atomic E-state index is 0.217. The highest BCUT2D eigenvalue weighted by Crippen LogP contribution is 2.38. The van der Waals surface area contributed by atoms with Crippen molar-refractivity contribution in [2.45, 2.75) is 20.8 Å². The molecule has 0 bridgehead atoms. The van der Waals surface area contributed by atoms with Crippen molar-refractivity contribution in [3.8, 4) is 17.2 Å². The van der Waals surface area contributed by atoms with Gasteiger partial charge in [-0.1, -0.05) is 17.7 Å². The summed E-state index contributed by atoms with van der Waals surface area (Å²) in [4.78, 5) is 11.3. The summed E-state index contributed by atoms with van der Waals surface area (Å²) in [6.45, 7) is 5.35. The van der Waals surface area contributed by atoms with Crippen molar-refractivity contribution in [3.63, 3.8) is 0 Å². The van der Waals surface area contributed by atoms with Gasteiger partial charge in [-0.15, -0.1) is 0 Å². The van der Waals surface area contributed by atoms with Crippen LogP contribution < -0.4 is 25.0 Å². The van der Waals surface area contributed by atoms with E-state index in [2.05, 4.69) is 21.9 Å². The van der Waals surface area contributed by atoms with Crippen molar-refractivity contribution >= 4 is 35.2 Å². The number of esters is 1. The summed E-state index contributed by atoms with van der Waals surface area (Å²) in [5.74, 6) is 0.455. The molecule has 2 aromatic carbocycles. The molecule has 0 aliphatic heterocycles. The van der Waals surface area contributed by atoms with Crippen LogP contribution in [-0.2, 0) is 4.79 Å². The molecular weight excluding hydrogens is 378 g/mol. The number of ether oxygens (including phenoxy) is 3. The van der Waals surface area contributed by atoms with E-state index in [4.69, 9.17) is 26.4 Å². The van der Waals surface area contributed by atoms with E-state index in [0.29, 0.717) is 22.2 Å². The van der Waals surface area contributed by atoms with Crippen LogP contribution in [0.1, 0.15) is 23.6 Å². The van der Waals surface area contributed by atoms with E-state index in [1.54, 1.807) is 18.3 Å². The smallest absolute Gasteiger partial charge is 0.308 e. The maximum absolute atomic E-state index is 11.3. The molecule has 0 atom stereocenters. The first-order chi connectivity index (χ1) is 13.3. The molecule has 148 valence electrons. The Morgan fingerprint density at radius 3 is 2.29 bits per heavy atom. The highest BCUT2D eigenvalue weighted by Gasteiger charge is 2.15. The van der Waals surface area contributed by atoms with Crippen molar-refractivity contribution < 1.29 is 19.0 Å². The maximum Gasteiger partial charge on any atom is 0.308 e. The number of carbonyl (C=O) groups is 1. The average molecular weight is 401 g/mol. The van der Waals surface area contributed by atoms with E-state index in [1.165, 1.54) is 26.7 Å². The fraction of sp³-hybridized carbons (Fsp3) is 0.250. The van der Waals surface area contributed by atoms with Crippen LogP contribution in [0, 0.1) is 13.8 Å². The number of hydrogen-bond donors (Lipinski definition) is 2. The lowest BCUT2D eigenvalue weighted by Crippen LogP contribution is -2.24. The van der Waals surface area contributed by atoms with Gasteiger partial charge in [-0.2, -0.15) is 5.10 Å². The number of methoxy groups -OCH3 is 2. The lowest BCUT2D eigenvalue weighted by atomic mass is 10.1. The van der Waals surface area contributed by atoms with Crippen molar-refractivity contribution in [2.75, 3.05) is 19.5 Å². The Morgan fingerprint density at radius 2 is 1.75 bits per heavy atom. The van der Waals surface area contributed by atoms with E-state index >= 15 is 0 Å². The molecule has 0 spiro atoms. The molecule has 8 heteroatoms. The van der Waals surface area contributed by atoms with Gasteiger partial charge in [0, 0.05) is 18.2 Å². The second-order valence-corrected chi connectivity index (χ2v) is 6.40. The lowest BCUT2D eigenvalue weighted by molar-refractivity contribution is -0.132. The van der Waals surface area contributed by atoms with Crippen LogP contribution in [-0.4, -0.2) is 31.5 Å². The fourth-order valence-electron chi connectivity index (χ4n) is 2.49. The molecule has 0 saturated heterocycles. The molecule has 2 aromatic rings. The molecule has 0 radical (unpaired) electrons. The molecule has 2 N–H and O–H groups in total. The predicted octanol–water partition coefficient (Wildman–Crippen LogP) is 3.57. The third-order valence-corrected chi connectivity index (χ3v) is 3.93. The Hall–Kier alpha value is -3.13. The van der Waals surface area contributed by atoms with E-state index < -0.39 is 5.97 Å². The van der Waals surface area contributed by atoms with Crippen LogP contribution in [0.4, 0.5) is 5.69 Å². The zero-order valence-corrected chi connectivity index (χ0v) is 17.3. The van der Waals surface area contributed by atoms with Gasteiger partial charge in [0.1, 0.15) is 0 Å². The summed E-state index contributed by atoms with van der Waals surface area (Å²) in [6, 6.07) is 9.38. The van der Waals surface area contributed by atoms with Gasteiger partial charge in [0.25, 0.3) is 0 Å². The van der Waals surface area contributed by atoms with Gasteiger partial charge in [0.05, 0.1) is 20.4 Å². The number of thiocarbonyl (C=S) groups is 1. The lowest BCUT2D eigenvalue weighted by Gasteiger charge is -2.13. The first-order valence-electron chi connectivity index (χ1n) is 8.45. The Kier molecular flexibility index (Phi) is 7.34. The van der Waals surface area contributed by atoms with Crippen molar-refractivity contribution in [3.05, 3.63) is 47.0 Å². The number of hydrogen-bond acceptors (Lipinski definition) is 6. The van der Waals surface area contributed by atoms with Crippen LogP contribution >= 0.6 is 12.2 Å². The van der Waals surface area contributed by atoms with Crippen LogP contribution in [0.25, 0.3) is 0 Å². The van der Waals surface area contributed by atoms with Gasteiger partial charge in [-0.3, -0.25) is 10.2 Å². The van der Waals surface area contributed by atoms with Crippen LogP contribution in [0.2, 0.25) is 0 Å². The Labute approximate surface area is 169 Å². The molecule has 0 saturated carbocycles. The number of carbonyl (C=O) groups excluding carboxylic acids is 1. The summed E-state index contributed by atoms with van der Waals surface area (Å²) in [7, 11) is 2.95. The average Bonchev–Trinajstić information content (AvgIpc) is 2.64. The van der Waals surface area contributed by atoms with Gasteiger partial charge in [0.2, 0.25) is 5.75 Å². The number of rotatable bonds is 6. The molecule has 0 heterocycles. The Morgan fingerprint density at radius 1 is 1.11 bits per heavy atom. The normalized spacial score (nSPS) is 10.5. The number of aryl methyl sites for hydroxylation is 2. The van der Waals surface area contributed by atoms with E-state index in [0.717, 1.165) is 11.3 Å². The fourth-order valence-corrected chi connectivity index (χ4v) is 2.65. The highest BCUT2D eigenvalue weighted by molar-refractivity contribution is 7.80. The highest BCUT2D eigenvalue weighted by atomic mass is 32.1. The number of nitrogens with one attached hydrogen (secondary N) is 2. The molecule has 28 heavy (non-hydrogen) atoms. The van der Waals surface area contributed by atoms with Gasteiger partial charge in [-0.05, 0) is 49.8 Å². The summed E-state index contributed by atoms with van der Waals surface area (Å²) >= 11 is 5.27. The SMILES string of the molecule is COc1cc(/C=N/NC(=S)Nc2ccc(C)cc2C)cc(OC)c1OC(C)=O. The molecule has 2 rings (SSSR count). The van der Waals surface area contributed by atoms with Crippen LogP contribution in [0.3, 0.4) is 0 Å². The number of hydrazone groups is 1. The molecular formula is C20H23N3O4S. The van der Waals surface area contributed by atoms with Crippen LogP contribution in [0.5, 0.6) is 17.2 Å². The molecule has 0 aliphatic carbocycles. The van der Waals surface area contributed by atoms with E-state index in [9.17, 15) is 4.79 Å². The second-order valence-electron chi connectivity index (χ2n) is 5.99. The summed E-state index contributed by atoms with van der Waals surface area (Å²) in [6.07, 6.45) is 1.55. The van der Waals surface area contributed by atoms with Gasteiger partial charge < -0.3 is 19.5 Å². The molecule has 0 amide bonds. The molecule has 0 unspecified atom stereocenters. The van der Waals surface area contributed by atoms with Gasteiger partial charge >= 0.3 is 5.97 Å². The van der Waals surface area contributed by atoms with E-state index in [-0.39, 0.29) is 5.75 Å². The first kappa shape index (κ1) is 21.2. The van der Waals surface area contributed by atoms with Gasteiger partial charge in [0.15, 0.2) is 16.6 Å². The van der Waals surface area contributed by atoms with Gasteiger partial charge in [-0.25, -0.2) is 0 Å². The second kappa shape index (κ2) is 9.70. The van der Waals surface area contributed by atoms with Crippen molar-refractivity contribution in [1.29, 1.82) is 0 Å². The Balaban J connectivity index is 2.10. The molecule has 0 fully saturated rings. The third-order valence-electron chi connectivity index (χ3n) is 3.74. The zero-order valence-electron chi connectivity index (χ0n) is 16.5. The summed E-state index contributed by atoms with van der Waals surface area (Å²) in [5.41, 5.74) is 6.62. The largest absolute Gasteiger partial charge is 0.493 e. The predicted molar refractivity (Wildman–Crippen MR) is 114 cm³/mol. The van der Waals surface area contributed by atoms with Crippen molar-refractivity contribution in [2.24, 2.45) is 5.10 Å². The topological polar surface area (TPSA) is 81.2 Å². The molecule has 7 nitrogen and oxygen atoms in total. The third kappa shape index (κ3) is 5.68. The van der Waals surface area contributed by atoms with Crippen LogP contribution in [0.15, 0.2) is 35.4 Å². The quantitative estimate of drug-likeness (QED) is 0.252. The minimum atomic E-state index is -0.470. The summed E-state index contributed by atoms with van der Waals surface area (Å²) < 4.78 is 15.7. The minimum Gasteiger partial charge on any atom is -0.493 e. The Bertz CT molecular complexity index is 887. The number of anilines is 1. The molecule has 0 aromatic heterocycles. The number of nitrogens with zero attached hydrogens (tertiary/aromatic N) is 1. The number of benzene rings is 2. The zero-order chi connectivity index (χ0) is 20.7. The monoisotopic (exact) mass is 401 g/mol. The standard InChI is InChI=1S/C20H23N3O4S/c1-12-6-7-16(13(2)8-12)22-20(28)23-21-11-15-9-17(25-4)19(27-14(3)24)18(10-15)26-5/h6-11H,1-5H3,(H2,22,23,28)/b21-11+. The van der Waals surface area contributed by atoms with Crippen molar-refractivity contribution in [1.82, 2.24) is 5.43 Å². The summed E-state index contributed by atoms with van der Waals surface area (Å²) in [5, 5.41) is 7.59.